The van der Waals surface area contributed by atoms with Crippen molar-refractivity contribution >= 4 is 22.6 Å². The minimum Gasteiger partial charge on any atom is -0.376 e. The highest BCUT2D eigenvalue weighted by Gasteiger charge is 2.22. The second-order valence-electron chi connectivity index (χ2n) is 5.61. The number of benzene rings is 2. The van der Waals surface area contributed by atoms with E-state index in [9.17, 15) is 4.79 Å². The minimum atomic E-state index is -0.559. The van der Waals surface area contributed by atoms with Crippen molar-refractivity contribution < 1.29 is 14.3 Å². The normalized spacial score (nSPS) is 17.8. The van der Waals surface area contributed by atoms with Gasteiger partial charge in [-0.15, -0.1) is 0 Å². The summed E-state index contributed by atoms with van der Waals surface area (Å²) in [6.45, 7) is 1.26. The van der Waals surface area contributed by atoms with Crippen LogP contribution in [-0.2, 0) is 14.3 Å². The van der Waals surface area contributed by atoms with Crippen molar-refractivity contribution in [2.75, 3.05) is 25.1 Å². The number of carbonyl (C=O) groups is 1. The Morgan fingerprint density at radius 3 is 2.83 bits per heavy atom. The number of ether oxygens (including phenoxy) is 2. The first-order valence-corrected chi connectivity index (χ1v) is 7.85. The predicted octanol–water partition coefficient (Wildman–Crippen LogP) is 2.58. The number of nitrogens with one attached hydrogen (secondary N) is 2. The van der Waals surface area contributed by atoms with Crippen LogP contribution in [0.3, 0.4) is 0 Å². The first-order chi connectivity index (χ1) is 11.8. The number of hydrogen-bond acceptors (Lipinski definition) is 4. The molecule has 0 radical (unpaired) electrons. The summed E-state index contributed by atoms with van der Waals surface area (Å²) in [5.41, 5.74) is 3.44. The van der Waals surface area contributed by atoms with Gasteiger partial charge in [0.2, 0.25) is 0 Å². The highest BCUT2D eigenvalue weighted by atomic mass is 16.6. The molecule has 1 aliphatic heterocycles. The zero-order chi connectivity index (χ0) is 16.4. The fourth-order valence-electron chi connectivity index (χ4n) is 2.68. The van der Waals surface area contributed by atoms with Gasteiger partial charge in [0, 0.05) is 11.3 Å². The highest BCUT2D eigenvalue weighted by Crippen LogP contribution is 2.23. The maximum absolute atomic E-state index is 12.2. The molecule has 1 fully saturated rings. The number of fused-ring (bicyclic) bond motifs is 1. The molecule has 0 bridgehead atoms. The number of rotatable bonds is 3. The Labute approximate surface area is 138 Å². The molecule has 0 saturated carbocycles. The van der Waals surface area contributed by atoms with E-state index >= 15 is 0 Å². The lowest BCUT2D eigenvalue weighted by molar-refractivity contribution is -0.142. The van der Waals surface area contributed by atoms with E-state index in [1.807, 2.05) is 48.5 Å². The molecule has 6 heteroatoms. The summed E-state index contributed by atoms with van der Waals surface area (Å²) < 4.78 is 10.7. The van der Waals surface area contributed by atoms with Gasteiger partial charge in [-0.1, -0.05) is 30.3 Å². The number of amides is 1. The van der Waals surface area contributed by atoms with E-state index in [2.05, 4.69) is 15.3 Å². The van der Waals surface area contributed by atoms with Gasteiger partial charge in [0.05, 0.1) is 30.9 Å². The summed E-state index contributed by atoms with van der Waals surface area (Å²) in [5.74, 6) is 0.606. The van der Waals surface area contributed by atoms with Gasteiger partial charge < -0.3 is 19.8 Å². The quantitative estimate of drug-likeness (QED) is 0.777. The van der Waals surface area contributed by atoms with Gasteiger partial charge in [0.25, 0.3) is 5.91 Å². The van der Waals surface area contributed by atoms with E-state index in [1.165, 1.54) is 0 Å². The van der Waals surface area contributed by atoms with Crippen molar-refractivity contribution in [3.63, 3.8) is 0 Å². The van der Waals surface area contributed by atoms with Gasteiger partial charge >= 0.3 is 0 Å². The van der Waals surface area contributed by atoms with E-state index < -0.39 is 6.10 Å². The molecule has 2 aromatic carbocycles. The Kier molecular flexibility index (Phi) is 3.98. The van der Waals surface area contributed by atoms with Crippen molar-refractivity contribution in [2.45, 2.75) is 6.10 Å². The van der Waals surface area contributed by atoms with E-state index in [-0.39, 0.29) is 12.5 Å². The van der Waals surface area contributed by atoms with Crippen LogP contribution < -0.4 is 5.32 Å². The van der Waals surface area contributed by atoms with E-state index in [0.717, 1.165) is 22.4 Å². The Morgan fingerprint density at radius 2 is 2.04 bits per heavy atom. The summed E-state index contributed by atoms with van der Waals surface area (Å²) in [6.07, 6.45) is -0.559. The lowest BCUT2D eigenvalue weighted by Gasteiger charge is -2.22. The van der Waals surface area contributed by atoms with Crippen LogP contribution in [-0.4, -0.2) is 41.8 Å². The van der Waals surface area contributed by atoms with Crippen LogP contribution in [0.25, 0.3) is 22.4 Å². The highest BCUT2D eigenvalue weighted by molar-refractivity contribution is 5.96. The lowest BCUT2D eigenvalue weighted by atomic mass is 10.2. The van der Waals surface area contributed by atoms with E-state index in [4.69, 9.17) is 9.47 Å². The minimum absolute atomic E-state index is 0.197. The van der Waals surface area contributed by atoms with Crippen LogP contribution in [0, 0.1) is 0 Å². The molecule has 2 N–H and O–H groups in total. The molecule has 2 heterocycles. The van der Waals surface area contributed by atoms with Gasteiger partial charge in [-0.2, -0.15) is 0 Å². The average molecular weight is 323 g/mol. The van der Waals surface area contributed by atoms with Crippen LogP contribution in [0.2, 0.25) is 0 Å². The van der Waals surface area contributed by atoms with Crippen molar-refractivity contribution in [3.05, 3.63) is 48.5 Å². The van der Waals surface area contributed by atoms with Gasteiger partial charge in [-0.25, -0.2) is 4.98 Å². The Hall–Kier alpha value is -2.70. The molecule has 1 amide bonds. The molecule has 3 aromatic rings. The van der Waals surface area contributed by atoms with E-state index in [1.54, 1.807) is 0 Å². The fraction of sp³-hybridized carbons (Fsp3) is 0.222. The van der Waals surface area contributed by atoms with E-state index in [0.29, 0.717) is 18.9 Å². The fourth-order valence-corrected chi connectivity index (χ4v) is 2.68. The molecule has 1 saturated heterocycles. The van der Waals surface area contributed by atoms with Crippen molar-refractivity contribution in [2.24, 2.45) is 0 Å². The van der Waals surface area contributed by atoms with Gasteiger partial charge in [-0.05, 0) is 18.2 Å². The van der Waals surface area contributed by atoms with Crippen LogP contribution >= 0.6 is 0 Å². The molecule has 4 rings (SSSR count). The number of carbonyl (C=O) groups excluding carboxylic acids is 1. The molecule has 1 atom stereocenters. The second kappa shape index (κ2) is 6.43. The monoisotopic (exact) mass is 323 g/mol. The Bertz CT molecular complexity index is 854. The molecule has 0 unspecified atom stereocenters. The van der Waals surface area contributed by atoms with Crippen LogP contribution in [0.4, 0.5) is 5.69 Å². The largest absolute Gasteiger partial charge is 0.376 e. The standard InChI is InChI=1S/C18H17N3O3/c22-18(16-11-23-8-9-24-16)19-13-6-7-14-15(10-13)21-17(20-14)12-4-2-1-3-5-12/h1-7,10,16H,8-9,11H2,(H,19,22)(H,20,21)/t16-/m0/s1. The number of imidazole rings is 1. The number of H-pyrrole nitrogens is 1. The third kappa shape index (κ3) is 3.02. The first kappa shape index (κ1) is 14.9. The first-order valence-electron chi connectivity index (χ1n) is 7.85. The van der Waals surface area contributed by atoms with Gasteiger partial charge in [0.15, 0.2) is 6.10 Å². The molecule has 24 heavy (non-hydrogen) atoms. The third-order valence-corrected chi connectivity index (χ3v) is 3.91. The van der Waals surface area contributed by atoms with Crippen LogP contribution in [0.1, 0.15) is 0 Å². The molecule has 122 valence electrons. The Balaban J connectivity index is 1.56. The predicted molar refractivity (Wildman–Crippen MR) is 90.7 cm³/mol. The zero-order valence-corrected chi connectivity index (χ0v) is 13.0. The summed E-state index contributed by atoms with van der Waals surface area (Å²) in [4.78, 5) is 20.1. The Morgan fingerprint density at radius 1 is 1.17 bits per heavy atom. The molecule has 6 nitrogen and oxygen atoms in total. The average Bonchev–Trinajstić information content (AvgIpc) is 3.06. The van der Waals surface area contributed by atoms with Crippen molar-refractivity contribution in [1.82, 2.24) is 9.97 Å². The molecular weight excluding hydrogens is 306 g/mol. The number of nitrogens with zero attached hydrogens (tertiary/aromatic N) is 1. The van der Waals surface area contributed by atoms with Crippen molar-refractivity contribution in [1.29, 1.82) is 0 Å². The summed E-state index contributed by atoms with van der Waals surface area (Å²) in [5, 5.41) is 2.86. The molecule has 0 aliphatic carbocycles. The SMILES string of the molecule is O=C(Nc1ccc2nc(-c3ccccc3)[nH]c2c1)[C@@H]1COCCO1. The zero-order valence-electron chi connectivity index (χ0n) is 13.0. The topological polar surface area (TPSA) is 76.2 Å². The number of aromatic amines is 1. The summed E-state index contributed by atoms with van der Waals surface area (Å²) >= 11 is 0. The smallest absolute Gasteiger partial charge is 0.255 e. The summed E-state index contributed by atoms with van der Waals surface area (Å²) in [6, 6.07) is 15.5. The molecule has 1 aliphatic rings. The lowest BCUT2D eigenvalue weighted by Crippen LogP contribution is -2.39. The molecule has 0 spiro atoms. The molecule has 1 aromatic heterocycles. The maximum Gasteiger partial charge on any atom is 0.255 e. The van der Waals surface area contributed by atoms with Crippen molar-refractivity contribution in [3.8, 4) is 11.4 Å². The van der Waals surface area contributed by atoms with Crippen LogP contribution in [0.5, 0.6) is 0 Å². The second-order valence-corrected chi connectivity index (χ2v) is 5.61. The van der Waals surface area contributed by atoms with Crippen LogP contribution in [0.15, 0.2) is 48.5 Å². The molecular formula is C18H17N3O3. The number of aromatic nitrogens is 2. The number of anilines is 1. The number of hydrogen-bond donors (Lipinski definition) is 2. The van der Waals surface area contributed by atoms with Gasteiger partial charge in [0.1, 0.15) is 5.82 Å². The maximum atomic E-state index is 12.2. The summed E-state index contributed by atoms with van der Waals surface area (Å²) in [7, 11) is 0. The third-order valence-electron chi connectivity index (χ3n) is 3.91. The van der Waals surface area contributed by atoms with Gasteiger partial charge in [-0.3, -0.25) is 4.79 Å².